The van der Waals surface area contributed by atoms with Crippen LogP contribution in [0.1, 0.15) is 43.0 Å². The minimum atomic E-state index is -0.314. The maximum Gasteiger partial charge on any atom is 0.308 e. The fourth-order valence-electron chi connectivity index (χ4n) is 5.55. The lowest BCUT2D eigenvalue weighted by atomic mass is 9.58. The van der Waals surface area contributed by atoms with Gasteiger partial charge in [0.1, 0.15) is 5.75 Å². The van der Waals surface area contributed by atoms with Crippen molar-refractivity contribution < 1.29 is 14.3 Å². The highest BCUT2D eigenvalue weighted by Crippen LogP contribution is 2.49. The van der Waals surface area contributed by atoms with Crippen LogP contribution in [0.2, 0.25) is 0 Å². The Bertz CT molecular complexity index is 1080. The van der Waals surface area contributed by atoms with E-state index >= 15 is 0 Å². The van der Waals surface area contributed by atoms with Crippen molar-refractivity contribution in [2.75, 3.05) is 19.6 Å². The Hall–Kier alpha value is -2.22. The van der Waals surface area contributed by atoms with Crippen LogP contribution >= 0.6 is 27.3 Å². The average Bonchev–Trinajstić information content (AvgIpc) is 3.23. The Morgan fingerprint density at radius 1 is 1.35 bits per heavy atom. The second-order valence-corrected chi connectivity index (χ2v) is 11.1. The molecule has 3 atom stereocenters. The number of hydrogen-bond acceptors (Lipinski definition) is 5. The summed E-state index contributed by atoms with van der Waals surface area (Å²) in [7, 11) is 0. The highest BCUT2D eigenvalue weighted by atomic mass is 79.9. The van der Waals surface area contributed by atoms with E-state index in [1.165, 1.54) is 12.5 Å². The van der Waals surface area contributed by atoms with Gasteiger partial charge in [0.05, 0.1) is 0 Å². The molecule has 0 spiro atoms. The van der Waals surface area contributed by atoms with Crippen molar-refractivity contribution in [1.29, 1.82) is 0 Å². The van der Waals surface area contributed by atoms with Gasteiger partial charge in [-0.3, -0.25) is 14.5 Å². The number of likely N-dealkylation sites (tertiary alicyclic amines) is 1. The number of fused-ring (bicyclic) bond motifs is 1. The summed E-state index contributed by atoms with van der Waals surface area (Å²) in [6, 6.07) is 10.1. The molecular weight excluding hydrogens is 512 g/mol. The maximum absolute atomic E-state index is 12.7. The molecule has 2 aliphatic rings. The number of nitrogens with one attached hydrogen (secondary N) is 1. The van der Waals surface area contributed by atoms with Crippen LogP contribution in [0, 0.1) is 5.92 Å². The summed E-state index contributed by atoms with van der Waals surface area (Å²) in [6.07, 6.45) is 9.35. The van der Waals surface area contributed by atoms with Crippen molar-refractivity contribution in [3.8, 4) is 5.75 Å². The van der Waals surface area contributed by atoms with Gasteiger partial charge < -0.3 is 10.1 Å². The lowest BCUT2D eigenvalue weighted by Crippen LogP contribution is -2.56. The smallest absolute Gasteiger partial charge is 0.308 e. The molecule has 1 aliphatic carbocycles. The molecule has 1 amide bonds. The zero-order chi connectivity index (χ0) is 24.1. The van der Waals surface area contributed by atoms with Gasteiger partial charge in [-0.2, -0.15) is 0 Å². The maximum atomic E-state index is 12.7. The van der Waals surface area contributed by atoms with Crippen LogP contribution in [0.25, 0.3) is 6.08 Å². The normalized spacial score (nSPS) is 25.0. The molecule has 1 aromatic carbocycles. The number of nitrogens with zero attached hydrogens (tertiary/aromatic N) is 1. The van der Waals surface area contributed by atoms with E-state index in [1.807, 2.05) is 41.8 Å². The predicted molar refractivity (Wildman–Crippen MR) is 141 cm³/mol. The van der Waals surface area contributed by atoms with Crippen LogP contribution in [0.5, 0.6) is 5.75 Å². The molecular formula is C27H31BrN2O3S. The third kappa shape index (κ3) is 5.88. The number of ether oxygens (including phenoxy) is 1. The molecule has 1 saturated carbocycles. The fraction of sp³-hybridized carbons (Fsp3) is 0.407. The first kappa shape index (κ1) is 24.9. The SMILES string of the molecule is C=CCN1CC[C@@]2(c3cccc(OC(C)=O)c3)C[C@H](NC(=O)C=Cc3cc(Br)cs3)CC[C@@H]2C1. The first-order valence-corrected chi connectivity index (χ1v) is 13.4. The number of hydrogen-bond donors (Lipinski definition) is 1. The zero-order valence-electron chi connectivity index (χ0n) is 19.5. The average molecular weight is 544 g/mol. The monoisotopic (exact) mass is 542 g/mol. The number of carbonyl (C=O) groups is 2. The molecule has 4 rings (SSSR count). The summed E-state index contributed by atoms with van der Waals surface area (Å²) in [5.41, 5.74) is 1.14. The number of carbonyl (C=O) groups excluding carboxylic acids is 2. The second-order valence-electron chi connectivity index (χ2n) is 9.26. The number of esters is 1. The number of halogens is 1. The number of piperidine rings is 1. The van der Waals surface area contributed by atoms with Crippen LogP contribution in [-0.2, 0) is 15.0 Å². The lowest BCUT2D eigenvalue weighted by molar-refractivity contribution is -0.131. The Balaban J connectivity index is 1.54. The van der Waals surface area contributed by atoms with Crippen LogP contribution in [0.15, 0.2) is 58.9 Å². The summed E-state index contributed by atoms with van der Waals surface area (Å²) >= 11 is 5.05. The van der Waals surface area contributed by atoms with Crippen LogP contribution in [0.4, 0.5) is 0 Å². The van der Waals surface area contributed by atoms with Gasteiger partial charge in [-0.05, 0) is 83.9 Å². The third-order valence-electron chi connectivity index (χ3n) is 7.00. The predicted octanol–water partition coefficient (Wildman–Crippen LogP) is 5.56. The van der Waals surface area contributed by atoms with E-state index in [4.69, 9.17) is 4.74 Å². The zero-order valence-corrected chi connectivity index (χ0v) is 21.9. The number of benzene rings is 1. The van der Waals surface area contributed by atoms with E-state index in [-0.39, 0.29) is 23.3 Å². The summed E-state index contributed by atoms with van der Waals surface area (Å²) in [6.45, 7) is 8.22. The van der Waals surface area contributed by atoms with Gasteiger partial charge >= 0.3 is 5.97 Å². The largest absolute Gasteiger partial charge is 0.427 e. The van der Waals surface area contributed by atoms with Gasteiger partial charge in [-0.15, -0.1) is 17.9 Å². The lowest BCUT2D eigenvalue weighted by Gasteiger charge is -2.53. The third-order valence-corrected chi connectivity index (χ3v) is 8.66. The summed E-state index contributed by atoms with van der Waals surface area (Å²) in [5.74, 6) is 0.690. The number of thiophene rings is 1. The Morgan fingerprint density at radius 3 is 2.94 bits per heavy atom. The number of rotatable bonds is 7. The standard InChI is InChI=1S/C27H31BrN2O3S/c1-3-12-30-13-11-27(20-5-4-6-24(14-20)33-19(2)31)16-23(8-7-21(27)17-30)29-26(32)10-9-25-15-22(28)18-34-25/h3-6,9-10,14-15,18,21,23H,1,7-8,11-13,16-17H2,2H3,(H,29,32)/t21-,23-,27+/m1/s1. The quantitative estimate of drug-likeness (QED) is 0.215. The van der Waals surface area contributed by atoms with Crippen molar-refractivity contribution in [2.24, 2.45) is 5.92 Å². The van der Waals surface area contributed by atoms with E-state index in [1.54, 1.807) is 17.4 Å². The van der Waals surface area contributed by atoms with Crippen LogP contribution in [-0.4, -0.2) is 42.5 Å². The molecule has 7 heteroatoms. The van der Waals surface area contributed by atoms with Gasteiger partial charge in [0.25, 0.3) is 0 Å². The molecule has 1 saturated heterocycles. The Labute approximate surface area is 214 Å². The van der Waals surface area contributed by atoms with E-state index < -0.39 is 0 Å². The minimum Gasteiger partial charge on any atom is -0.427 e. The van der Waals surface area contributed by atoms with E-state index in [0.29, 0.717) is 11.7 Å². The van der Waals surface area contributed by atoms with Crippen LogP contribution < -0.4 is 10.1 Å². The molecule has 0 bridgehead atoms. The van der Waals surface area contributed by atoms with E-state index in [0.717, 1.165) is 54.7 Å². The summed E-state index contributed by atoms with van der Waals surface area (Å²) < 4.78 is 6.43. The summed E-state index contributed by atoms with van der Waals surface area (Å²) in [4.78, 5) is 27.8. The van der Waals surface area contributed by atoms with E-state index in [9.17, 15) is 9.59 Å². The molecule has 5 nitrogen and oxygen atoms in total. The second kappa shape index (κ2) is 11.0. The number of amides is 1. The molecule has 180 valence electrons. The van der Waals surface area contributed by atoms with Crippen molar-refractivity contribution in [2.45, 2.75) is 44.1 Å². The molecule has 1 aromatic heterocycles. The Kier molecular flexibility index (Phi) is 8.06. The van der Waals surface area contributed by atoms with Gasteiger partial charge in [0, 0.05) is 52.3 Å². The van der Waals surface area contributed by atoms with Gasteiger partial charge in [-0.25, -0.2) is 0 Å². The highest BCUT2D eigenvalue weighted by molar-refractivity contribution is 9.10. The topological polar surface area (TPSA) is 58.6 Å². The minimum absolute atomic E-state index is 0.0547. The first-order valence-electron chi connectivity index (χ1n) is 11.7. The van der Waals surface area contributed by atoms with Crippen molar-refractivity contribution in [3.63, 3.8) is 0 Å². The van der Waals surface area contributed by atoms with Crippen molar-refractivity contribution in [3.05, 3.63) is 69.4 Å². The van der Waals surface area contributed by atoms with E-state index in [2.05, 4.69) is 38.8 Å². The van der Waals surface area contributed by atoms with Gasteiger partial charge in [0.2, 0.25) is 5.91 Å². The highest BCUT2D eigenvalue weighted by Gasteiger charge is 2.48. The molecule has 1 N–H and O–H groups in total. The summed E-state index contributed by atoms with van der Waals surface area (Å²) in [5, 5.41) is 5.26. The molecule has 2 fully saturated rings. The van der Waals surface area contributed by atoms with Crippen LogP contribution in [0.3, 0.4) is 0 Å². The fourth-order valence-corrected chi connectivity index (χ4v) is 6.88. The molecule has 2 aromatic rings. The Morgan fingerprint density at radius 2 is 2.21 bits per heavy atom. The van der Waals surface area contributed by atoms with Gasteiger partial charge in [-0.1, -0.05) is 18.2 Å². The van der Waals surface area contributed by atoms with Gasteiger partial charge in [0.15, 0.2) is 0 Å². The molecule has 34 heavy (non-hydrogen) atoms. The van der Waals surface area contributed by atoms with Crippen molar-refractivity contribution in [1.82, 2.24) is 10.2 Å². The molecule has 0 unspecified atom stereocenters. The molecule has 0 radical (unpaired) electrons. The molecule has 1 aliphatic heterocycles. The molecule has 2 heterocycles. The van der Waals surface area contributed by atoms with Crippen molar-refractivity contribution >= 4 is 45.2 Å². The first-order chi connectivity index (χ1) is 16.4.